The molecule has 4 nitrogen and oxygen atoms in total. The van der Waals surface area contributed by atoms with Crippen LogP contribution in [0.1, 0.15) is 18.6 Å². The summed E-state index contributed by atoms with van der Waals surface area (Å²) in [5.74, 6) is 1.58. The van der Waals surface area contributed by atoms with Crippen molar-refractivity contribution in [1.29, 1.82) is 0 Å². The van der Waals surface area contributed by atoms with E-state index in [1.807, 2.05) is 25.1 Å². The molecular weight excluding hydrogens is 194 g/mol. The highest BCUT2D eigenvalue weighted by molar-refractivity contribution is 5.44. The molecule has 0 amide bonds. The molecule has 0 spiro atoms. The van der Waals surface area contributed by atoms with E-state index in [1.165, 1.54) is 0 Å². The molecule has 0 fully saturated rings. The van der Waals surface area contributed by atoms with E-state index < -0.39 is 0 Å². The van der Waals surface area contributed by atoms with Gasteiger partial charge >= 0.3 is 0 Å². The van der Waals surface area contributed by atoms with Crippen LogP contribution in [-0.2, 0) is 4.74 Å². The highest BCUT2D eigenvalue weighted by atomic mass is 16.7. The van der Waals surface area contributed by atoms with Crippen LogP contribution in [-0.4, -0.2) is 19.9 Å². The van der Waals surface area contributed by atoms with Crippen molar-refractivity contribution in [1.82, 2.24) is 0 Å². The van der Waals surface area contributed by atoms with Crippen molar-refractivity contribution in [2.75, 3.05) is 19.9 Å². The minimum absolute atomic E-state index is 0.0306. The van der Waals surface area contributed by atoms with Gasteiger partial charge in [0.25, 0.3) is 0 Å². The van der Waals surface area contributed by atoms with Crippen molar-refractivity contribution < 1.29 is 14.2 Å². The van der Waals surface area contributed by atoms with Gasteiger partial charge in [-0.1, -0.05) is 6.07 Å². The molecule has 1 aliphatic heterocycles. The number of fused-ring (bicyclic) bond motifs is 1. The van der Waals surface area contributed by atoms with E-state index in [0.717, 1.165) is 17.1 Å². The summed E-state index contributed by atoms with van der Waals surface area (Å²) in [7, 11) is 0. The lowest BCUT2D eigenvalue weighted by Gasteiger charge is -2.12. The Balaban J connectivity index is 2.08. The molecule has 1 atom stereocenters. The lowest BCUT2D eigenvalue weighted by atomic mass is 10.1. The molecule has 0 aliphatic carbocycles. The summed E-state index contributed by atoms with van der Waals surface area (Å²) >= 11 is 0. The smallest absolute Gasteiger partial charge is 0.231 e. The lowest BCUT2D eigenvalue weighted by Crippen LogP contribution is -2.10. The van der Waals surface area contributed by atoms with E-state index >= 15 is 0 Å². The second-order valence-electron chi connectivity index (χ2n) is 3.41. The van der Waals surface area contributed by atoms with Crippen LogP contribution in [0.15, 0.2) is 18.2 Å². The molecule has 2 rings (SSSR count). The molecule has 1 unspecified atom stereocenters. The molecule has 1 aliphatic rings. The molecule has 4 heteroatoms. The number of hydrogen-bond donors (Lipinski definition) is 1. The Kier molecular flexibility index (Phi) is 3.08. The number of benzene rings is 1. The first-order valence-corrected chi connectivity index (χ1v) is 5.02. The van der Waals surface area contributed by atoms with Gasteiger partial charge in [-0.2, -0.15) is 0 Å². The average Bonchev–Trinajstić information content (AvgIpc) is 2.72. The molecule has 1 aromatic carbocycles. The van der Waals surface area contributed by atoms with Crippen molar-refractivity contribution >= 4 is 0 Å². The zero-order chi connectivity index (χ0) is 10.7. The Hall–Kier alpha value is -1.26. The predicted octanol–water partition coefficient (Wildman–Crippen LogP) is 1.45. The van der Waals surface area contributed by atoms with Gasteiger partial charge in [-0.15, -0.1) is 0 Å². The molecule has 0 radical (unpaired) electrons. The highest BCUT2D eigenvalue weighted by Crippen LogP contribution is 2.34. The standard InChI is InChI=1S/C11H15NO3/c1-8(13-5-4-12)9-2-3-10-11(6-9)15-7-14-10/h2-3,6,8H,4-5,7,12H2,1H3. The van der Waals surface area contributed by atoms with Gasteiger partial charge in [0.15, 0.2) is 11.5 Å². The molecular formula is C11H15NO3. The third-order valence-electron chi connectivity index (χ3n) is 2.35. The molecule has 0 aromatic heterocycles. The highest BCUT2D eigenvalue weighted by Gasteiger charge is 2.15. The Morgan fingerprint density at radius 3 is 3.00 bits per heavy atom. The van der Waals surface area contributed by atoms with E-state index in [9.17, 15) is 0 Å². The maximum atomic E-state index is 5.52. The first-order valence-electron chi connectivity index (χ1n) is 5.02. The summed E-state index contributed by atoms with van der Waals surface area (Å²) in [6.45, 7) is 3.40. The first-order chi connectivity index (χ1) is 7.31. The second-order valence-corrected chi connectivity index (χ2v) is 3.41. The van der Waals surface area contributed by atoms with Crippen molar-refractivity contribution in [2.45, 2.75) is 13.0 Å². The minimum atomic E-state index is 0.0306. The van der Waals surface area contributed by atoms with Crippen LogP contribution in [0.4, 0.5) is 0 Å². The van der Waals surface area contributed by atoms with E-state index in [2.05, 4.69) is 0 Å². The molecule has 82 valence electrons. The Morgan fingerprint density at radius 2 is 2.20 bits per heavy atom. The number of hydrogen-bond acceptors (Lipinski definition) is 4. The zero-order valence-corrected chi connectivity index (χ0v) is 8.73. The van der Waals surface area contributed by atoms with Crippen LogP contribution in [0, 0.1) is 0 Å². The third kappa shape index (κ3) is 2.22. The van der Waals surface area contributed by atoms with Crippen molar-refractivity contribution in [3.8, 4) is 11.5 Å². The van der Waals surface area contributed by atoms with E-state index in [1.54, 1.807) is 0 Å². The fourth-order valence-corrected chi connectivity index (χ4v) is 1.51. The molecule has 0 saturated carbocycles. The maximum absolute atomic E-state index is 5.52. The van der Waals surface area contributed by atoms with Gasteiger partial charge in [0.2, 0.25) is 6.79 Å². The quantitative estimate of drug-likeness (QED) is 0.815. The van der Waals surface area contributed by atoms with Gasteiger partial charge in [-0.05, 0) is 24.6 Å². The fourth-order valence-electron chi connectivity index (χ4n) is 1.51. The van der Waals surface area contributed by atoms with Gasteiger partial charge in [-0.25, -0.2) is 0 Å². The summed E-state index contributed by atoms with van der Waals surface area (Å²) in [5, 5.41) is 0. The van der Waals surface area contributed by atoms with Gasteiger partial charge in [-0.3, -0.25) is 0 Å². The zero-order valence-electron chi connectivity index (χ0n) is 8.73. The lowest BCUT2D eigenvalue weighted by molar-refractivity contribution is 0.0716. The molecule has 0 bridgehead atoms. The summed E-state index contributed by atoms with van der Waals surface area (Å²) in [6.07, 6.45) is 0.0306. The Morgan fingerprint density at radius 1 is 1.40 bits per heavy atom. The van der Waals surface area contributed by atoms with E-state index in [4.69, 9.17) is 19.9 Å². The Bertz CT molecular complexity index is 341. The van der Waals surface area contributed by atoms with Crippen molar-refractivity contribution in [2.24, 2.45) is 5.73 Å². The Labute approximate surface area is 88.9 Å². The normalized spacial score (nSPS) is 15.3. The molecule has 1 aromatic rings. The largest absolute Gasteiger partial charge is 0.454 e. The summed E-state index contributed by atoms with van der Waals surface area (Å²) < 4.78 is 16.0. The topological polar surface area (TPSA) is 53.7 Å². The van der Waals surface area contributed by atoms with E-state index in [-0.39, 0.29) is 6.10 Å². The van der Waals surface area contributed by atoms with Crippen LogP contribution >= 0.6 is 0 Å². The van der Waals surface area contributed by atoms with Gasteiger partial charge in [0.1, 0.15) is 0 Å². The van der Waals surface area contributed by atoms with Crippen LogP contribution in [0.3, 0.4) is 0 Å². The monoisotopic (exact) mass is 209 g/mol. The average molecular weight is 209 g/mol. The van der Waals surface area contributed by atoms with Gasteiger partial charge in [0, 0.05) is 6.54 Å². The van der Waals surface area contributed by atoms with Crippen LogP contribution in [0.5, 0.6) is 11.5 Å². The minimum Gasteiger partial charge on any atom is -0.454 e. The van der Waals surface area contributed by atoms with Gasteiger partial charge < -0.3 is 19.9 Å². The van der Waals surface area contributed by atoms with Crippen LogP contribution in [0.2, 0.25) is 0 Å². The van der Waals surface area contributed by atoms with Gasteiger partial charge in [0.05, 0.1) is 12.7 Å². The maximum Gasteiger partial charge on any atom is 0.231 e. The molecule has 2 N–H and O–H groups in total. The second kappa shape index (κ2) is 4.51. The number of nitrogens with two attached hydrogens (primary N) is 1. The summed E-state index contributed by atoms with van der Waals surface area (Å²) in [4.78, 5) is 0. The first kappa shape index (κ1) is 10.3. The SMILES string of the molecule is CC(OCCN)c1ccc2c(c1)OCO2. The number of ether oxygens (including phenoxy) is 3. The van der Waals surface area contributed by atoms with Crippen molar-refractivity contribution in [3.63, 3.8) is 0 Å². The van der Waals surface area contributed by atoms with Crippen LogP contribution in [0.25, 0.3) is 0 Å². The van der Waals surface area contributed by atoms with Crippen molar-refractivity contribution in [3.05, 3.63) is 23.8 Å². The predicted molar refractivity (Wildman–Crippen MR) is 56.0 cm³/mol. The summed E-state index contributed by atoms with van der Waals surface area (Å²) in [5.41, 5.74) is 6.45. The molecule has 15 heavy (non-hydrogen) atoms. The number of rotatable bonds is 4. The fraction of sp³-hybridized carbons (Fsp3) is 0.455. The summed E-state index contributed by atoms with van der Waals surface area (Å²) in [6, 6.07) is 5.83. The molecule has 0 saturated heterocycles. The van der Waals surface area contributed by atoms with Crippen LogP contribution < -0.4 is 15.2 Å². The molecule has 1 heterocycles. The van der Waals surface area contributed by atoms with E-state index in [0.29, 0.717) is 19.9 Å². The third-order valence-corrected chi connectivity index (χ3v) is 2.35.